The molecule has 2 heterocycles. The van der Waals surface area contributed by atoms with Gasteiger partial charge in [0.2, 0.25) is 11.8 Å². The minimum atomic E-state index is -4.75. The van der Waals surface area contributed by atoms with Crippen LogP contribution in [0.4, 0.5) is 18.9 Å². The lowest BCUT2D eigenvalue weighted by Crippen LogP contribution is -2.39. The van der Waals surface area contributed by atoms with E-state index in [2.05, 4.69) is 20.4 Å². The molecule has 0 radical (unpaired) electrons. The number of piperidine rings is 1. The largest absolute Gasteiger partial charge is 0.573 e. The van der Waals surface area contributed by atoms with Crippen LogP contribution in [0, 0.1) is 6.92 Å². The fraction of sp³-hybridized carbons (Fsp3) is 0.280. The van der Waals surface area contributed by atoms with E-state index in [1.807, 2.05) is 38.1 Å². The summed E-state index contributed by atoms with van der Waals surface area (Å²) < 4.78 is 41.3. The number of hydrogen-bond donors (Lipinski definition) is 3. The van der Waals surface area contributed by atoms with E-state index in [-0.39, 0.29) is 24.0 Å². The first-order chi connectivity index (χ1) is 17.1. The molecule has 36 heavy (non-hydrogen) atoms. The number of alkyl halides is 3. The molecule has 0 bridgehead atoms. The average Bonchev–Trinajstić information content (AvgIpc) is 2.78. The zero-order valence-corrected chi connectivity index (χ0v) is 19.6. The number of anilines is 1. The third kappa shape index (κ3) is 8.90. The molecule has 1 saturated heterocycles. The Labute approximate surface area is 205 Å². The van der Waals surface area contributed by atoms with Gasteiger partial charge in [0.1, 0.15) is 5.75 Å². The SMILES string of the molecule is C/C=C\C(=C/c1ccc(C2CCC(=O)NC2=O)c(C)n1)CNc1cccc(OC(F)(F)F)c1.O=CO. The third-order valence-corrected chi connectivity index (χ3v) is 5.04. The van der Waals surface area contributed by atoms with Crippen LogP contribution in [-0.2, 0) is 14.4 Å². The average molecular weight is 505 g/mol. The van der Waals surface area contributed by atoms with Crippen LogP contribution in [0.15, 0.2) is 54.1 Å². The Balaban J connectivity index is 0.00000145. The number of imide groups is 1. The molecule has 0 saturated carbocycles. The van der Waals surface area contributed by atoms with Crippen molar-refractivity contribution in [1.29, 1.82) is 0 Å². The first kappa shape index (κ1) is 28.1. The van der Waals surface area contributed by atoms with Gasteiger partial charge in [0.05, 0.1) is 11.6 Å². The van der Waals surface area contributed by atoms with Crippen molar-refractivity contribution in [3.8, 4) is 5.75 Å². The molecule has 2 amide bonds. The molecule has 11 heteroatoms. The Hall–Kier alpha value is -4.15. The van der Waals surface area contributed by atoms with Gasteiger partial charge in [-0.15, -0.1) is 13.2 Å². The molecule has 1 unspecified atom stereocenters. The summed E-state index contributed by atoms with van der Waals surface area (Å²) in [5, 5.41) is 12.3. The summed E-state index contributed by atoms with van der Waals surface area (Å²) in [5.74, 6) is -1.28. The second-order valence-electron chi connectivity index (χ2n) is 7.67. The standard InChI is InChI=1S/C24H24F3N3O3.CH2O2/c1-3-5-16(14-28-17-6-4-7-19(13-17)33-24(25,26)27)12-18-8-9-20(15(2)29-18)21-10-11-22(31)30-23(21)32;2-1-3/h3-9,12-13,21,28H,10-11,14H2,1-2H3,(H,30,31,32);1H,(H,2,3)/b5-3-,16-12+;. The van der Waals surface area contributed by atoms with E-state index in [0.29, 0.717) is 36.5 Å². The molecule has 1 atom stereocenters. The summed E-state index contributed by atoms with van der Waals surface area (Å²) in [4.78, 5) is 36.5. The van der Waals surface area contributed by atoms with Gasteiger partial charge in [0.15, 0.2) is 0 Å². The number of allylic oxidation sites excluding steroid dienone is 1. The number of carboxylic acid groups (broad SMARTS) is 1. The number of ether oxygens (including phenoxy) is 1. The lowest BCUT2D eigenvalue weighted by Gasteiger charge is -2.22. The van der Waals surface area contributed by atoms with Crippen LogP contribution in [0.1, 0.15) is 42.6 Å². The Morgan fingerprint density at radius 1 is 1.28 bits per heavy atom. The van der Waals surface area contributed by atoms with Gasteiger partial charge in [-0.1, -0.05) is 24.3 Å². The number of nitrogens with one attached hydrogen (secondary N) is 2. The zero-order chi connectivity index (χ0) is 26.7. The van der Waals surface area contributed by atoms with Crippen molar-refractivity contribution in [1.82, 2.24) is 10.3 Å². The van der Waals surface area contributed by atoms with Crippen LogP contribution >= 0.6 is 0 Å². The summed E-state index contributed by atoms with van der Waals surface area (Å²) in [7, 11) is 0. The summed E-state index contributed by atoms with van der Waals surface area (Å²) in [6.07, 6.45) is 1.56. The lowest BCUT2D eigenvalue weighted by atomic mass is 9.89. The molecule has 1 fully saturated rings. The molecule has 1 aromatic carbocycles. The van der Waals surface area contributed by atoms with Gasteiger partial charge in [-0.2, -0.15) is 0 Å². The number of nitrogens with zero attached hydrogens (tertiary/aromatic N) is 1. The maximum absolute atomic E-state index is 12.4. The number of aryl methyl sites for hydroxylation is 1. The number of amides is 2. The molecule has 1 aliphatic rings. The van der Waals surface area contributed by atoms with Crippen molar-refractivity contribution < 1.29 is 37.4 Å². The highest BCUT2D eigenvalue weighted by molar-refractivity contribution is 6.01. The molecule has 3 N–H and O–H groups in total. The van der Waals surface area contributed by atoms with Crippen molar-refractivity contribution in [2.75, 3.05) is 11.9 Å². The highest BCUT2D eigenvalue weighted by atomic mass is 19.4. The minimum Gasteiger partial charge on any atom is -0.483 e. The normalized spacial score (nSPS) is 16.1. The number of benzene rings is 1. The van der Waals surface area contributed by atoms with E-state index in [4.69, 9.17) is 9.90 Å². The van der Waals surface area contributed by atoms with E-state index in [1.165, 1.54) is 18.2 Å². The number of pyridine rings is 1. The summed E-state index contributed by atoms with van der Waals surface area (Å²) in [5.41, 5.74) is 3.48. The molecule has 1 aromatic heterocycles. The van der Waals surface area contributed by atoms with Crippen molar-refractivity contribution >= 4 is 30.0 Å². The number of carbonyl (C=O) groups is 3. The van der Waals surface area contributed by atoms with Crippen LogP contribution in [0.3, 0.4) is 0 Å². The van der Waals surface area contributed by atoms with E-state index >= 15 is 0 Å². The monoisotopic (exact) mass is 505 g/mol. The lowest BCUT2D eigenvalue weighted by molar-refractivity contribution is -0.274. The highest BCUT2D eigenvalue weighted by Crippen LogP contribution is 2.28. The van der Waals surface area contributed by atoms with Crippen LogP contribution in [0.2, 0.25) is 0 Å². The van der Waals surface area contributed by atoms with Gasteiger partial charge in [0, 0.05) is 30.4 Å². The molecule has 0 spiro atoms. The molecule has 1 aliphatic heterocycles. The van der Waals surface area contributed by atoms with Gasteiger partial charge in [-0.3, -0.25) is 24.7 Å². The zero-order valence-electron chi connectivity index (χ0n) is 19.6. The fourth-order valence-electron chi connectivity index (χ4n) is 3.60. The smallest absolute Gasteiger partial charge is 0.483 e. The van der Waals surface area contributed by atoms with Crippen molar-refractivity contribution in [2.24, 2.45) is 0 Å². The van der Waals surface area contributed by atoms with Gasteiger partial charge >= 0.3 is 6.36 Å². The van der Waals surface area contributed by atoms with Gasteiger partial charge in [0.25, 0.3) is 6.47 Å². The second kappa shape index (κ2) is 13.1. The fourth-order valence-corrected chi connectivity index (χ4v) is 3.60. The number of rotatable bonds is 7. The van der Waals surface area contributed by atoms with E-state index in [9.17, 15) is 22.8 Å². The Bertz CT molecular complexity index is 1150. The molecular weight excluding hydrogens is 479 g/mol. The van der Waals surface area contributed by atoms with Crippen LogP contribution < -0.4 is 15.4 Å². The number of hydrogen-bond acceptors (Lipinski definition) is 6. The number of halogens is 3. The predicted molar refractivity (Wildman–Crippen MR) is 127 cm³/mol. The molecule has 0 aliphatic carbocycles. The Morgan fingerprint density at radius 3 is 2.61 bits per heavy atom. The van der Waals surface area contributed by atoms with Crippen LogP contribution in [0.5, 0.6) is 5.75 Å². The van der Waals surface area contributed by atoms with E-state index in [0.717, 1.165) is 11.1 Å². The second-order valence-corrected chi connectivity index (χ2v) is 7.67. The van der Waals surface area contributed by atoms with Crippen LogP contribution in [-0.4, -0.2) is 41.3 Å². The van der Waals surface area contributed by atoms with Crippen molar-refractivity contribution in [3.63, 3.8) is 0 Å². The summed E-state index contributed by atoms with van der Waals surface area (Å²) >= 11 is 0. The maximum atomic E-state index is 12.4. The topological polar surface area (TPSA) is 118 Å². The third-order valence-electron chi connectivity index (χ3n) is 5.04. The maximum Gasteiger partial charge on any atom is 0.573 e. The van der Waals surface area contributed by atoms with Crippen molar-refractivity contribution in [3.05, 3.63) is 71.1 Å². The highest BCUT2D eigenvalue weighted by Gasteiger charge is 2.31. The number of carbonyl (C=O) groups excluding carboxylic acids is 2. The molecule has 3 rings (SSSR count). The molecule has 192 valence electrons. The quantitative estimate of drug-likeness (QED) is 0.286. The van der Waals surface area contributed by atoms with Gasteiger partial charge in [-0.25, -0.2) is 0 Å². The number of aromatic nitrogens is 1. The molecular formula is C25H26F3N3O5. The first-order valence-electron chi connectivity index (χ1n) is 10.9. The Kier molecular flexibility index (Phi) is 10.2. The predicted octanol–water partition coefficient (Wildman–Crippen LogP) is 4.58. The summed E-state index contributed by atoms with van der Waals surface area (Å²) in [6, 6.07) is 9.27. The molecule has 8 nitrogen and oxygen atoms in total. The Morgan fingerprint density at radius 2 is 2.00 bits per heavy atom. The molecule has 2 aromatic rings. The van der Waals surface area contributed by atoms with Gasteiger partial charge in [-0.05, 0) is 55.7 Å². The minimum absolute atomic E-state index is 0.250. The van der Waals surface area contributed by atoms with E-state index in [1.54, 1.807) is 12.1 Å². The van der Waals surface area contributed by atoms with Crippen LogP contribution in [0.25, 0.3) is 6.08 Å². The van der Waals surface area contributed by atoms with Crippen molar-refractivity contribution in [2.45, 2.75) is 39.0 Å². The summed E-state index contributed by atoms with van der Waals surface area (Å²) in [6.45, 7) is 3.77. The van der Waals surface area contributed by atoms with Gasteiger partial charge < -0.3 is 15.2 Å². The van der Waals surface area contributed by atoms with E-state index < -0.39 is 12.3 Å². The first-order valence-corrected chi connectivity index (χ1v) is 10.9.